The number of rotatable bonds is 4. The fraction of sp³-hybridized carbons (Fsp3) is 0.471. The molecular weight excluding hydrogens is 282 g/mol. The van der Waals surface area contributed by atoms with Gasteiger partial charge in [0.1, 0.15) is 0 Å². The molecule has 4 heteroatoms. The summed E-state index contributed by atoms with van der Waals surface area (Å²) < 4.78 is 2.19. The van der Waals surface area contributed by atoms with Crippen molar-refractivity contribution >= 4 is 17.5 Å². The zero-order valence-electron chi connectivity index (χ0n) is 12.5. The minimum absolute atomic E-state index is 0.568. The zero-order chi connectivity index (χ0) is 14.7. The molecule has 112 valence electrons. The Kier molecular flexibility index (Phi) is 4.49. The summed E-state index contributed by atoms with van der Waals surface area (Å²) in [7, 11) is 0. The van der Waals surface area contributed by atoms with E-state index in [1.54, 1.807) is 0 Å². The maximum absolute atomic E-state index is 6.07. The van der Waals surface area contributed by atoms with Crippen LogP contribution in [-0.2, 0) is 6.54 Å². The molecule has 1 saturated carbocycles. The Morgan fingerprint density at radius 3 is 2.86 bits per heavy atom. The number of nitrogens with one attached hydrogen (secondary N) is 1. The summed E-state index contributed by atoms with van der Waals surface area (Å²) in [5.41, 5.74) is 2.25. The van der Waals surface area contributed by atoms with Gasteiger partial charge >= 0.3 is 0 Å². The molecule has 0 unspecified atom stereocenters. The maximum atomic E-state index is 6.07. The van der Waals surface area contributed by atoms with Gasteiger partial charge in [-0.25, -0.2) is 4.98 Å². The first-order valence-electron chi connectivity index (χ1n) is 7.75. The summed E-state index contributed by atoms with van der Waals surface area (Å²) >= 11 is 6.07. The minimum atomic E-state index is 0.568. The highest BCUT2D eigenvalue weighted by molar-refractivity contribution is 6.30. The van der Waals surface area contributed by atoms with Gasteiger partial charge in [0.2, 0.25) is 5.95 Å². The molecule has 3 nitrogen and oxygen atoms in total. The second-order valence-corrected chi connectivity index (χ2v) is 6.38. The van der Waals surface area contributed by atoms with E-state index in [1.165, 1.54) is 37.7 Å². The highest BCUT2D eigenvalue weighted by Gasteiger charge is 2.16. The van der Waals surface area contributed by atoms with Crippen LogP contribution in [0.3, 0.4) is 0 Å². The van der Waals surface area contributed by atoms with E-state index in [4.69, 9.17) is 11.6 Å². The van der Waals surface area contributed by atoms with E-state index < -0.39 is 0 Å². The SMILES string of the molecule is Cc1cn(Cc2cccc(Cl)c2)c(NC2CCCCC2)n1. The monoisotopic (exact) mass is 303 g/mol. The standard InChI is InChI=1S/C17H22ClN3/c1-13-11-21(12-14-6-5-7-15(18)10-14)17(19-13)20-16-8-3-2-4-9-16/h5-7,10-11,16H,2-4,8-9,12H2,1H3,(H,19,20). The summed E-state index contributed by atoms with van der Waals surface area (Å²) in [5, 5.41) is 4.41. The summed E-state index contributed by atoms with van der Waals surface area (Å²) in [4.78, 5) is 4.64. The fourth-order valence-electron chi connectivity index (χ4n) is 3.04. The molecule has 21 heavy (non-hydrogen) atoms. The lowest BCUT2D eigenvalue weighted by Gasteiger charge is -2.23. The third-order valence-corrected chi connectivity index (χ3v) is 4.31. The number of nitrogens with zero attached hydrogens (tertiary/aromatic N) is 2. The first-order chi connectivity index (χ1) is 10.2. The average molecular weight is 304 g/mol. The number of aromatic nitrogens is 2. The Morgan fingerprint density at radius 2 is 2.10 bits per heavy atom. The van der Waals surface area contributed by atoms with Crippen LogP contribution in [-0.4, -0.2) is 15.6 Å². The summed E-state index contributed by atoms with van der Waals surface area (Å²) in [6.07, 6.45) is 8.63. The van der Waals surface area contributed by atoms with Crippen molar-refractivity contribution in [1.29, 1.82) is 0 Å². The van der Waals surface area contributed by atoms with E-state index in [1.807, 2.05) is 25.1 Å². The molecule has 3 rings (SSSR count). The lowest BCUT2D eigenvalue weighted by Crippen LogP contribution is -2.24. The van der Waals surface area contributed by atoms with Crippen molar-refractivity contribution in [3.05, 3.63) is 46.7 Å². The first kappa shape index (κ1) is 14.5. The van der Waals surface area contributed by atoms with Gasteiger partial charge in [-0.05, 0) is 37.5 Å². The van der Waals surface area contributed by atoms with Crippen LogP contribution in [0.4, 0.5) is 5.95 Å². The maximum Gasteiger partial charge on any atom is 0.203 e. The van der Waals surface area contributed by atoms with Crippen molar-refractivity contribution in [3.63, 3.8) is 0 Å². The molecular formula is C17H22ClN3. The molecule has 0 amide bonds. The summed E-state index contributed by atoms with van der Waals surface area (Å²) in [6.45, 7) is 2.84. The van der Waals surface area contributed by atoms with Crippen LogP contribution < -0.4 is 5.32 Å². The number of halogens is 1. The van der Waals surface area contributed by atoms with E-state index in [2.05, 4.69) is 27.1 Å². The van der Waals surface area contributed by atoms with Gasteiger partial charge in [-0.1, -0.05) is 43.0 Å². The van der Waals surface area contributed by atoms with Crippen LogP contribution in [0.1, 0.15) is 43.4 Å². The molecule has 1 aromatic heterocycles. The summed E-state index contributed by atoms with van der Waals surface area (Å²) in [6, 6.07) is 8.59. The van der Waals surface area contributed by atoms with Crippen molar-refractivity contribution < 1.29 is 0 Å². The Morgan fingerprint density at radius 1 is 1.29 bits per heavy atom. The Balaban J connectivity index is 1.75. The topological polar surface area (TPSA) is 29.9 Å². The van der Waals surface area contributed by atoms with Crippen molar-refractivity contribution in [2.45, 2.75) is 51.6 Å². The molecule has 1 heterocycles. The van der Waals surface area contributed by atoms with Gasteiger partial charge in [-0.3, -0.25) is 0 Å². The van der Waals surface area contributed by atoms with Crippen LogP contribution in [0, 0.1) is 6.92 Å². The molecule has 1 fully saturated rings. The Labute approximate surface area is 131 Å². The molecule has 0 atom stereocenters. The van der Waals surface area contributed by atoms with Gasteiger partial charge in [0.15, 0.2) is 0 Å². The normalized spacial score (nSPS) is 16.1. The Bertz CT molecular complexity index is 600. The van der Waals surface area contributed by atoms with Crippen molar-refractivity contribution in [3.8, 4) is 0 Å². The van der Waals surface area contributed by atoms with Gasteiger partial charge in [-0.15, -0.1) is 0 Å². The van der Waals surface area contributed by atoms with E-state index in [-0.39, 0.29) is 0 Å². The molecule has 0 aliphatic heterocycles. The third kappa shape index (κ3) is 3.79. The lowest BCUT2D eigenvalue weighted by atomic mass is 9.96. The molecule has 1 aromatic carbocycles. The number of aryl methyl sites for hydroxylation is 1. The second kappa shape index (κ2) is 6.52. The second-order valence-electron chi connectivity index (χ2n) is 5.94. The van der Waals surface area contributed by atoms with Crippen LogP contribution in [0.15, 0.2) is 30.5 Å². The molecule has 1 aliphatic carbocycles. The predicted octanol–water partition coefficient (Wildman–Crippen LogP) is 4.64. The first-order valence-corrected chi connectivity index (χ1v) is 8.13. The molecule has 0 saturated heterocycles. The van der Waals surface area contributed by atoms with Crippen LogP contribution in [0.2, 0.25) is 5.02 Å². The largest absolute Gasteiger partial charge is 0.353 e. The van der Waals surface area contributed by atoms with Crippen molar-refractivity contribution in [1.82, 2.24) is 9.55 Å². The van der Waals surface area contributed by atoms with Gasteiger partial charge in [0, 0.05) is 17.3 Å². The molecule has 2 aromatic rings. The minimum Gasteiger partial charge on any atom is -0.353 e. The van der Waals surface area contributed by atoms with Gasteiger partial charge in [-0.2, -0.15) is 0 Å². The highest BCUT2D eigenvalue weighted by Crippen LogP contribution is 2.22. The molecule has 0 radical (unpaired) electrons. The van der Waals surface area contributed by atoms with Crippen LogP contribution >= 0.6 is 11.6 Å². The van der Waals surface area contributed by atoms with Crippen molar-refractivity contribution in [2.24, 2.45) is 0 Å². The van der Waals surface area contributed by atoms with Crippen LogP contribution in [0.5, 0.6) is 0 Å². The average Bonchev–Trinajstić information content (AvgIpc) is 2.80. The molecule has 0 spiro atoms. The van der Waals surface area contributed by atoms with Crippen LogP contribution in [0.25, 0.3) is 0 Å². The molecule has 1 aliphatic rings. The highest BCUT2D eigenvalue weighted by atomic mass is 35.5. The number of imidazole rings is 1. The predicted molar refractivity (Wildman–Crippen MR) is 88.0 cm³/mol. The quantitative estimate of drug-likeness (QED) is 0.892. The zero-order valence-corrected chi connectivity index (χ0v) is 13.2. The fourth-order valence-corrected chi connectivity index (χ4v) is 3.26. The van der Waals surface area contributed by atoms with E-state index in [9.17, 15) is 0 Å². The number of hydrogen-bond donors (Lipinski definition) is 1. The van der Waals surface area contributed by atoms with E-state index in [0.29, 0.717) is 6.04 Å². The van der Waals surface area contributed by atoms with E-state index in [0.717, 1.165) is 23.2 Å². The third-order valence-electron chi connectivity index (χ3n) is 4.08. The van der Waals surface area contributed by atoms with Gasteiger partial charge in [0.25, 0.3) is 0 Å². The molecule has 1 N–H and O–H groups in total. The van der Waals surface area contributed by atoms with Gasteiger partial charge in [0.05, 0.1) is 12.2 Å². The number of benzene rings is 1. The number of hydrogen-bond acceptors (Lipinski definition) is 2. The molecule has 0 bridgehead atoms. The summed E-state index contributed by atoms with van der Waals surface area (Å²) in [5.74, 6) is 0.986. The lowest BCUT2D eigenvalue weighted by molar-refractivity contribution is 0.459. The number of anilines is 1. The van der Waals surface area contributed by atoms with Crippen molar-refractivity contribution in [2.75, 3.05) is 5.32 Å². The van der Waals surface area contributed by atoms with E-state index >= 15 is 0 Å². The van der Waals surface area contributed by atoms with Gasteiger partial charge < -0.3 is 9.88 Å². The smallest absolute Gasteiger partial charge is 0.203 e. The Hall–Kier alpha value is -1.48.